The fourth-order valence-corrected chi connectivity index (χ4v) is 3.48. The predicted molar refractivity (Wildman–Crippen MR) is 94.4 cm³/mol. The summed E-state index contributed by atoms with van der Waals surface area (Å²) in [5, 5.41) is 2.81. The molecule has 1 aliphatic rings. The topological polar surface area (TPSA) is 92.5 Å². The van der Waals surface area contributed by atoms with Crippen LogP contribution in [0.4, 0.5) is 18.3 Å². The number of nitrogens with one attached hydrogen (secondary N) is 1. The molecule has 1 aliphatic heterocycles. The van der Waals surface area contributed by atoms with Crippen LogP contribution in [0.25, 0.3) is 0 Å². The van der Waals surface area contributed by atoms with Crippen LogP contribution in [0, 0.1) is 0 Å². The Labute approximate surface area is 164 Å². The number of furan rings is 1. The highest BCUT2D eigenvalue weighted by Gasteiger charge is 2.37. The summed E-state index contributed by atoms with van der Waals surface area (Å²) >= 11 is 0.626. The zero-order valence-corrected chi connectivity index (χ0v) is 15.1. The molecule has 3 heterocycles. The van der Waals surface area contributed by atoms with E-state index >= 15 is 0 Å². The third kappa shape index (κ3) is 3.51. The quantitative estimate of drug-likeness (QED) is 0.647. The number of anilines is 1. The van der Waals surface area contributed by atoms with Crippen LogP contribution >= 0.6 is 11.3 Å². The lowest BCUT2D eigenvalue weighted by Gasteiger charge is -2.11. The fourth-order valence-electron chi connectivity index (χ4n) is 2.76. The molecule has 4 rings (SSSR count). The summed E-state index contributed by atoms with van der Waals surface area (Å²) in [4.78, 5) is 41.7. The maximum Gasteiger partial charge on any atom is 0.434 e. The summed E-state index contributed by atoms with van der Waals surface area (Å²) in [5.41, 5.74) is -0.939. The van der Waals surface area contributed by atoms with Crippen molar-refractivity contribution in [2.24, 2.45) is 0 Å². The minimum Gasteiger partial charge on any atom is -0.467 e. The summed E-state index contributed by atoms with van der Waals surface area (Å²) in [6.45, 7) is -0.0553. The molecule has 0 spiro atoms. The number of carbonyl (C=O) groups is 3. The van der Waals surface area contributed by atoms with Gasteiger partial charge in [-0.15, -0.1) is 11.3 Å². The lowest BCUT2D eigenvalue weighted by Crippen LogP contribution is -2.28. The smallest absolute Gasteiger partial charge is 0.434 e. The second-order valence-electron chi connectivity index (χ2n) is 6.03. The minimum absolute atomic E-state index is 0.00788. The van der Waals surface area contributed by atoms with Gasteiger partial charge in [-0.3, -0.25) is 24.6 Å². The molecule has 0 radical (unpaired) electrons. The van der Waals surface area contributed by atoms with E-state index in [1.165, 1.54) is 24.5 Å². The van der Waals surface area contributed by atoms with E-state index in [0.717, 1.165) is 10.3 Å². The van der Waals surface area contributed by atoms with Crippen LogP contribution in [0.3, 0.4) is 0 Å². The van der Waals surface area contributed by atoms with Crippen molar-refractivity contribution in [1.29, 1.82) is 0 Å². The largest absolute Gasteiger partial charge is 0.467 e. The molecule has 3 aromatic rings. The second-order valence-corrected chi connectivity index (χ2v) is 6.88. The van der Waals surface area contributed by atoms with Crippen molar-refractivity contribution in [2.75, 3.05) is 5.32 Å². The van der Waals surface area contributed by atoms with Crippen molar-refractivity contribution < 1.29 is 32.0 Å². The number of halogens is 3. The number of amides is 3. The first-order chi connectivity index (χ1) is 13.7. The molecular weight excluding hydrogens is 411 g/mol. The average Bonchev–Trinajstić information content (AvgIpc) is 3.39. The highest BCUT2D eigenvalue weighted by atomic mass is 32.1. The summed E-state index contributed by atoms with van der Waals surface area (Å²) in [7, 11) is 0. The molecule has 11 heteroatoms. The van der Waals surface area contributed by atoms with Gasteiger partial charge in [0.2, 0.25) is 0 Å². The van der Waals surface area contributed by atoms with Crippen LogP contribution in [0.15, 0.2) is 46.4 Å². The SMILES string of the molecule is O=C(Nc1nc(C(F)(F)F)cs1)c1ccc2c(c1)C(=O)N(Cc1ccco1)C2=O. The Balaban J connectivity index is 1.54. The standard InChI is InChI=1S/C18H10F3N3O4S/c19-18(20,21)13-8-29-17(22-13)23-14(25)9-3-4-11-12(6-9)16(27)24(15(11)26)7-10-2-1-5-28-10/h1-6,8H,7H2,(H,22,23,25). The van der Waals surface area contributed by atoms with Crippen LogP contribution in [-0.4, -0.2) is 27.6 Å². The molecular formula is C18H10F3N3O4S. The Bertz CT molecular complexity index is 1120. The van der Waals surface area contributed by atoms with Gasteiger partial charge in [0.25, 0.3) is 17.7 Å². The van der Waals surface area contributed by atoms with Crippen molar-refractivity contribution in [3.05, 3.63) is 70.1 Å². The molecule has 29 heavy (non-hydrogen) atoms. The van der Waals surface area contributed by atoms with Gasteiger partial charge in [0.05, 0.1) is 23.9 Å². The Morgan fingerprint density at radius 1 is 1.17 bits per heavy atom. The number of thiazole rings is 1. The van der Waals surface area contributed by atoms with E-state index in [4.69, 9.17) is 4.42 Å². The van der Waals surface area contributed by atoms with Crippen molar-refractivity contribution >= 4 is 34.2 Å². The van der Waals surface area contributed by atoms with E-state index in [0.29, 0.717) is 17.1 Å². The minimum atomic E-state index is -4.61. The summed E-state index contributed by atoms with van der Waals surface area (Å²) < 4.78 is 43.0. The van der Waals surface area contributed by atoms with Crippen molar-refractivity contribution in [3.63, 3.8) is 0 Å². The molecule has 1 aromatic carbocycles. The van der Waals surface area contributed by atoms with Gasteiger partial charge in [-0.05, 0) is 30.3 Å². The summed E-state index contributed by atoms with van der Waals surface area (Å²) in [5.74, 6) is -1.45. The molecule has 0 aliphatic carbocycles. The highest BCUT2D eigenvalue weighted by Crippen LogP contribution is 2.32. The molecule has 7 nitrogen and oxygen atoms in total. The molecule has 2 aromatic heterocycles. The lowest BCUT2D eigenvalue weighted by molar-refractivity contribution is -0.140. The molecule has 1 N–H and O–H groups in total. The van der Waals surface area contributed by atoms with Crippen LogP contribution in [0.2, 0.25) is 0 Å². The molecule has 0 saturated heterocycles. The number of alkyl halides is 3. The predicted octanol–water partition coefficient (Wildman–Crippen LogP) is 3.80. The van der Waals surface area contributed by atoms with Gasteiger partial charge in [0.15, 0.2) is 10.8 Å². The molecule has 0 bridgehead atoms. The fraction of sp³-hybridized carbons (Fsp3) is 0.111. The first-order valence-corrected chi connectivity index (χ1v) is 8.98. The van der Waals surface area contributed by atoms with Crippen molar-refractivity contribution in [3.8, 4) is 0 Å². The van der Waals surface area contributed by atoms with E-state index in [2.05, 4.69) is 10.3 Å². The zero-order chi connectivity index (χ0) is 20.8. The maximum atomic E-state index is 12.6. The van der Waals surface area contributed by atoms with Gasteiger partial charge >= 0.3 is 6.18 Å². The lowest BCUT2D eigenvalue weighted by atomic mass is 10.1. The Morgan fingerprint density at radius 2 is 1.93 bits per heavy atom. The Morgan fingerprint density at radius 3 is 2.59 bits per heavy atom. The van der Waals surface area contributed by atoms with Gasteiger partial charge in [-0.2, -0.15) is 13.2 Å². The van der Waals surface area contributed by atoms with Gasteiger partial charge in [0, 0.05) is 10.9 Å². The number of aromatic nitrogens is 1. The second kappa shape index (κ2) is 6.85. The Kier molecular flexibility index (Phi) is 4.46. The number of carbonyl (C=O) groups excluding carboxylic acids is 3. The van der Waals surface area contributed by atoms with E-state index in [1.807, 2.05) is 0 Å². The molecule has 148 valence electrons. The molecule has 0 atom stereocenters. The third-order valence-corrected chi connectivity index (χ3v) is 4.90. The van der Waals surface area contributed by atoms with E-state index in [1.54, 1.807) is 12.1 Å². The number of rotatable bonds is 4. The van der Waals surface area contributed by atoms with E-state index in [9.17, 15) is 27.6 Å². The van der Waals surface area contributed by atoms with Gasteiger partial charge in [0.1, 0.15) is 5.76 Å². The van der Waals surface area contributed by atoms with E-state index in [-0.39, 0.29) is 28.4 Å². The van der Waals surface area contributed by atoms with E-state index < -0.39 is 29.6 Å². The van der Waals surface area contributed by atoms with Gasteiger partial charge < -0.3 is 4.42 Å². The monoisotopic (exact) mass is 421 g/mol. The maximum absolute atomic E-state index is 12.6. The first-order valence-electron chi connectivity index (χ1n) is 8.11. The normalized spacial score (nSPS) is 13.7. The molecule has 0 fully saturated rings. The third-order valence-electron chi connectivity index (χ3n) is 4.14. The number of benzene rings is 1. The van der Waals surface area contributed by atoms with Crippen LogP contribution in [-0.2, 0) is 12.7 Å². The first kappa shape index (κ1) is 18.9. The summed E-state index contributed by atoms with van der Waals surface area (Å²) in [6, 6.07) is 7.11. The van der Waals surface area contributed by atoms with Crippen LogP contribution in [0.1, 0.15) is 42.5 Å². The number of hydrogen-bond acceptors (Lipinski definition) is 6. The molecule has 0 unspecified atom stereocenters. The number of fused-ring (bicyclic) bond motifs is 1. The zero-order valence-electron chi connectivity index (χ0n) is 14.3. The van der Waals surface area contributed by atoms with Crippen LogP contribution in [0.5, 0.6) is 0 Å². The van der Waals surface area contributed by atoms with Gasteiger partial charge in [-0.1, -0.05) is 0 Å². The number of nitrogens with zero attached hydrogens (tertiary/aromatic N) is 2. The Hall–Kier alpha value is -3.47. The van der Waals surface area contributed by atoms with Crippen molar-refractivity contribution in [2.45, 2.75) is 12.7 Å². The van der Waals surface area contributed by atoms with Crippen LogP contribution < -0.4 is 5.32 Å². The summed E-state index contributed by atoms with van der Waals surface area (Å²) in [6.07, 6.45) is -3.20. The molecule has 3 amide bonds. The van der Waals surface area contributed by atoms with Gasteiger partial charge in [-0.25, -0.2) is 4.98 Å². The van der Waals surface area contributed by atoms with Crippen molar-refractivity contribution in [1.82, 2.24) is 9.88 Å². The highest BCUT2D eigenvalue weighted by molar-refractivity contribution is 7.14. The number of hydrogen-bond donors (Lipinski definition) is 1. The molecule has 0 saturated carbocycles. The average molecular weight is 421 g/mol. The number of imide groups is 1.